The molecule has 25 heavy (non-hydrogen) atoms. The van der Waals surface area contributed by atoms with Crippen LogP contribution in [0.2, 0.25) is 10.0 Å². The fourth-order valence-corrected chi connectivity index (χ4v) is 3.28. The smallest absolute Gasteiger partial charge is 0.228 e. The molecule has 0 unspecified atom stereocenters. The highest BCUT2D eigenvalue weighted by Crippen LogP contribution is 2.36. The second-order valence-corrected chi connectivity index (χ2v) is 6.86. The average Bonchev–Trinajstić information content (AvgIpc) is 3.39. The Hall–Kier alpha value is -2.37. The first-order valence-electron chi connectivity index (χ1n) is 7.84. The van der Waals surface area contributed by atoms with Crippen molar-refractivity contribution in [3.8, 4) is 11.3 Å². The Morgan fingerprint density at radius 1 is 1.20 bits per heavy atom. The van der Waals surface area contributed by atoms with Gasteiger partial charge < -0.3 is 11.1 Å². The van der Waals surface area contributed by atoms with E-state index in [1.165, 1.54) is 0 Å². The third-order valence-electron chi connectivity index (χ3n) is 4.16. The van der Waals surface area contributed by atoms with E-state index >= 15 is 0 Å². The van der Waals surface area contributed by atoms with Gasteiger partial charge in [0, 0.05) is 23.1 Å². The van der Waals surface area contributed by atoms with Gasteiger partial charge in [-0.05, 0) is 42.5 Å². The number of halogens is 2. The number of benzene rings is 1. The average molecular weight is 373 g/mol. The zero-order valence-corrected chi connectivity index (χ0v) is 14.6. The van der Waals surface area contributed by atoms with Gasteiger partial charge in [-0.25, -0.2) is 9.97 Å². The normalized spacial score (nSPS) is 13.8. The van der Waals surface area contributed by atoms with Gasteiger partial charge in [-0.15, -0.1) is 0 Å². The van der Waals surface area contributed by atoms with Crippen LogP contribution in [0.5, 0.6) is 0 Å². The third-order valence-corrected chi connectivity index (χ3v) is 4.79. The van der Waals surface area contributed by atoms with Gasteiger partial charge in [0.2, 0.25) is 5.91 Å². The highest BCUT2D eigenvalue weighted by atomic mass is 35.5. The minimum Gasteiger partial charge on any atom is -0.383 e. The van der Waals surface area contributed by atoms with Gasteiger partial charge in [0.1, 0.15) is 11.6 Å². The van der Waals surface area contributed by atoms with Gasteiger partial charge in [-0.3, -0.25) is 4.79 Å². The number of pyridine rings is 2. The molecule has 3 aromatic rings. The van der Waals surface area contributed by atoms with Crippen LogP contribution in [0.1, 0.15) is 12.8 Å². The number of nitrogens with two attached hydrogens (primary N) is 1. The van der Waals surface area contributed by atoms with Crippen molar-refractivity contribution in [2.24, 2.45) is 5.92 Å². The molecule has 1 aliphatic rings. The Morgan fingerprint density at radius 3 is 2.60 bits per heavy atom. The second-order valence-electron chi connectivity index (χ2n) is 6.04. The van der Waals surface area contributed by atoms with Crippen molar-refractivity contribution in [2.75, 3.05) is 11.1 Å². The summed E-state index contributed by atoms with van der Waals surface area (Å²) in [6, 6.07) is 8.89. The van der Waals surface area contributed by atoms with Gasteiger partial charge in [0.25, 0.3) is 0 Å². The van der Waals surface area contributed by atoms with Crippen LogP contribution in [0.25, 0.3) is 22.0 Å². The van der Waals surface area contributed by atoms with E-state index in [4.69, 9.17) is 28.9 Å². The molecule has 0 spiro atoms. The molecule has 5 nitrogen and oxygen atoms in total. The molecule has 0 radical (unpaired) electrons. The summed E-state index contributed by atoms with van der Waals surface area (Å²) in [6.07, 6.45) is 3.48. The number of aromatic nitrogens is 2. The summed E-state index contributed by atoms with van der Waals surface area (Å²) >= 11 is 12.5. The van der Waals surface area contributed by atoms with E-state index in [2.05, 4.69) is 15.3 Å². The second kappa shape index (κ2) is 6.17. The number of fused-ring (bicyclic) bond motifs is 1. The molecule has 126 valence electrons. The lowest BCUT2D eigenvalue weighted by atomic mass is 10.1. The van der Waals surface area contributed by atoms with Crippen molar-refractivity contribution < 1.29 is 4.79 Å². The molecule has 1 aromatic carbocycles. The van der Waals surface area contributed by atoms with Crippen LogP contribution in [0.4, 0.5) is 11.6 Å². The van der Waals surface area contributed by atoms with Gasteiger partial charge in [0.15, 0.2) is 0 Å². The Bertz CT molecular complexity index is 982. The first-order valence-corrected chi connectivity index (χ1v) is 8.60. The molecular weight excluding hydrogens is 359 g/mol. The van der Waals surface area contributed by atoms with Crippen LogP contribution in [0, 0.1) is 5.92 Å². The lowest BCUT2D eigenvalue weighted by Crippen LogP contribution is -2.14. The molecule has 1 saturated carbocycles. The standard InChI is InChI=1S/C18H14Cl2N4O/c19-12-2-1-3-13(20)16(12)14-6-10-7-15(24-18(25)9-4-5-9)22-8-11(10)17(21)23-14/h1-3,6-9H,4-5H2,(H2,21,23)(H,22,24,25). The van der Waals surface area contributed by atoms with E-state index in [9.17, 15) is 4.79 Å². The molecule has 0 aliphatic heterocycles. The van der Waals surface area contributed by atoms with Crippen LogP contribution in [0.3, 0.4) is 0 Å². The van der Waals surface area contributed by atoms with E-state index in [1.807, 2.05) is 6.07 Å². The molecule has 2 aromatic heterocycles. The molecule has 0 saturated heterocycles. The van der Waals surface area contributed by atoms with Crippen LogP contribution in [0.15, 0.2) is 36.5 Å². The molecule has 2 heterocycles. The van der Waals surface area contributed by atoms with Crippen LogP contribution in [-0.4, -0.2) is 15.9 Å². The van der Waals surface area contributed by atoms with E-state index in [1.54, 1.807) is 30.5 Å². The fraction of sp³-hybridized carbons (Fsp3) is 0.167. The van der Waals surface area contributed by atoms with Crippen molar-refractivity contribution in [1.29, 1.82) is 0 Å². The third kappa shape index (κ3) is 3.13. The Labute approximate surface area is 154 Å². The lowest BCUT2D eigenvalue weighted by molar-refractivity contribution is -0.117. The summed E-state index contributed by atoms with van der Waals surface area (Å²) < 4.78 is 0. The van der Waals surface area contributed by atoms with Gasteiger partial charge in [-0.2, -0.15) is 0 Å². The van der Waals surface area contributed by atoms with E-state index in [0.717, 1.165) is 18.2 Å². The molecule has 1 fully saturated rings. The number of hydrogen-bond donors (Lipinski definition) is 2. The number of carbonyl (C=O) groups excluding carboxylic acids is 1. The number of rotatable bonds is 3. The summed E-state index contributed by atoms with van der Waals surface area (Å²) in [5.74, 6) is 0.933. The van der Waals surface area contributed by atoms with Crippen molar-refractivity contribution in [3.05, 3.63) is 46.6 Å². The summed E-state index contributed by atoms with van der Waals surface area (Å²) in [6.45, 7) is 0. The first-order chi connectivity index (χ1) is 12.0. The highest BCUT2D eigenvalue weighted by molar-refractivity contribution is 6.39. The van der Waals surface area contributed by atoms with Crippen molar-refractivity contribution >= 4 is 51.5 Å². The molecule has 4 rings (SSSR count). The predicted octanol–water partition coefficient (Wildman–Crippen LogP) is 4.53. The maximum absolute atomic E-state index is 11.9. The van der Waals surface area contributed by atoms with Crippen molar-refractivity contribution in [2.45, 2.75) is 12.8 Å². The summed E-state index contributed by atoms with van der Waals surface area (Å²) in [5, 5.41) is 5.34. The number of nitrogens with zero attached hydrogens (tertiary/aromatic N) is 2. The summed E-state index contributed by atoms with van der Waals surface area (Å²) in [7, 11) is 0. The Morgan fingerprint density at radius 2 is 1.92 bits per heavy atom. The number of carbonyl (C=O) groups is 1. The molecule has 0 bridgehead atoms. The maximum Gasteiger partial charge on any atom is 0.228 e. The van der Waals surface area contributed by atoms with E-state index < -0.39 is 0 Å². The largest absolute Gasteiger partial charge is 0.383 e. The van der Waals surface area contributed by atoms with Crippen molar-refractivity contribution in [3.63, 3.8) is 0 Å². The minimum atomic E-state index is 0.00301. The summed E-state index contributed by atoms with van der Waals surface area (Å²) in [5.41, 5.74) is 7.28. The lowest BCUT2D eigenvalue weighted by Gasteiger charge is -2.10. The Kier molecular flexibility index (Phi) is 3.98. The molecule has 1 amide bonds. The highest BCUT2D eigenvalue weighted by Gasteiger charge is 2.29. The van der Waals surface area contributed by atoms with Gasteiger partial charge >= 0.3 is 0 Å². The maximum atomic E-state index is 11.9. The first kappa shape index (κ1) is 16.1. The van der Waals surface area contributed by atoms with Gasteiger partial charge in [0.05, 0.1) is 15.7 Å². The van der Waals surface area contributed by atoms with Crippen LogP contribution < -0.4 is 11.1 Å². The zero-order valence-electron chi connectivity index (χ0n) is 13.1. The number of nitrogen functional groups attached to an aromatic ring is 1. The topological polar surface area (TPSA) is 80.9 Å². The van der Waals surface area contributed by atoms with Crippen LogP contribution in [-0.2, 0) is 4.79 Å². The van der Waals surface area contributed by atoms with E-state index in [0.29, 0.717) is 38.3 Å². The minimum absolute atomic E-state index is 0.00301. The SMILES string of the molecule is Nc1nc(-c2c(Cl)cccc2Cl)cc2cc(NC(=O)C3CC3)ncc12. The quantitative estimate of drug-likeness (QED) is 0.707. The number of anilines is 2. The molecule has 7 heteroatoms. The molecule has 3 N–H and O–H groups in total. The number of nitrogens with one attached hydrogen (secondary N) is 1. The molecule has 0 atom stereocenters. The summed E-state index contributed by atoms with van der Waals surface area (Å²) in [4.78, 5) is 20.6. The fourth-order valence-electron chi connectivity index (χ4n) is 2.69. The molecule has 1 aliphatic carbocycles. The zero-order chi connectivity index (χ0) is 17.6. The van der Waals surface area contributed by atoms with Gasteiger partial charge in [-0.1, -0.05) is 29.3 Å². The van der Waals surface area contributed by atoms with E-state index in [-0.39, 0.29) is 11.8 Å². The van der Waals surface area contributed by atoms with Crippen molar-refractivity contribution in [1.82, 2.24) is 9.97 Å². The number of hydrogen-bond acceptors (Lipinski definition) is 4. The number of amides is 1. The predicted molar refractivity (Wildman–Crippen MR) is 101 cm³/mol. The monoisotopic (exact) mass is 372 g/mol. The van der Waals surface area contributed by atoms with Crippen LogP contribution >= 0.6 is 23.2 Å². The Balaban J connectivity index is 1.80. The molecular formula is C18H14Cl2N4O.